The molecule has 3 unspecified atom stereocenters. The highest BCUT2D eigenvalue weighted by Gasteiger charge is 2.38. The first-order chi connectivity index (χ1) is 9.00. The lowest BCUT2D eigenvalue weighted by Crippen LogP contribution is -2.43. The van der Waals surface area contributed by atoms with Crippen molar-refractivity contribution in [3.8, 4) is 0 Å². The van der Waals surface area contributed by atoms with Gasteiger partial charge >= 0.3 is 5.97 Å². The van der Waals surface area contributed by atoms with Gasteiger partial charge in [0.05, 0.1) is 12.5 Å². The van der Waals surface area contributed by atoms with Gasteiger partial charge in [-0.3, -0.25) is 9.59 Å². The van der Waals surface area contributed by atoms with Gasteiger partial charge in [0.25, 0.3) is 0 Å². The fourth-order valence-corrected chi connectivity index (χ4v) is 2.50. The van der Waals surface area contributed by atoms with Crippen molar-refractivity contribution in [2.75, 3.05) is 19.8 Å². The summed E-state index contributed by atoms with van der Waals surface area (Å²) in [6.45, 7) is 5.55. The molecule has 1 N–H and O–H groups in total. The third kappa shape index (κ3) is 3.47. The molecule has 1 heterocycles. The van der Waals surface area contributed by atoms with Gasteiger partial charge in [-0.1, -0.05) is 13.8 Å². The Hall–Kier alpha value is -1.10. The number of amides is 1. The number of carbonyl (C=O) groups is 2. The maximum atomic E-state index is 12.5. The number of nitrogens with zero attached hydrogens (tertiary/aromatic N) is 1. The first-order valence-corrected chi connectivity index (χ1v) is 7.11. The Balaban J connectivity index is 1.97. The monoisotopic (exact) mass is 269 g/mol. The second-order valence-corrected chi connectivity index (χ2v) is 5.87. The van der Waals surface area contributed by atoms with E-state index in [9.17, 15) is 9.59 Å². The molecule has 1 aliphatic carbocycles. The van der Waals surface area contributed by atoms with Crippen LogP contribution in [0.2, 0.25) is 0 Å². The van der Waals surface area contributed by atoms with Crippen LogP contribution in [-0.2, 0) is 14.3 Å². The summed E-state index contributed by atoms with van der Waals surface area (Å²) in [7, 11) is 0. The van der Waals surface area contributed by atoms with Crippen LogP contribution >= 0.6 is 0 Å². The number of ether oxygens (including phenoxy) is 1. The van der Waals surface area contributed by atoms with E-state index in [1.54, 1.807) is 13.8 Å². The Morgan fingerprint density at radius 3 is 2.42 bits per heavy atom. The summed E-state index contributed by atoms with van der Waals surface area (Å²) >= 11 is 0. The maximum Gasteiger partial charge on any atom is 0.307 e. The van der Waals surface area contributed by atoms with Crippen molar-refractivity contribution in [3.63, 3.8) is 0 Å². The highest BCUT2D eigenvalue weighted by atomic mass is 16.5. The third-order valence-corrected chi connectivity index (χ3v) is 4.28. The summed E-state index contributed by atoms with van der Waals surface area (Å²) in [6, 6.07) is 0.330. The molecule has 0 aromatic rings. The molecule has 2 aliphatic rings. The molecule has 1 saturated carbocycles. The Morgan fingerprint density at radius 2 is 1.95 bits per heavy atom. The first-order valence-electron chi connectivity index (χ1n) is 7.11. The lowest BCUT2D eigenvalue weighted by molar-refractivity contribution is -0.149. The SMILES string of the molecule is CC(C(=O)O)C(C)C(=O)N(CC1CCOC1)C1CC1. The fourth-order valence-electron chi connectivity index (χ4n) is 2.50. The maximum absolute atomic E-state index is 12.5. The van der Waals surface area contributed by atoms with E-state index in [1.807, 2.05) is 4.90 Å². The summed E-state index contributed by atoms with van der Waals surface area (Å²) in [5, 5.41) is 9.03. The van der Waals surface area contributed by atoms with Crippen molar-refractivity contribution in [3.05, 3.63) is 0 Å². The number of aliphatic carboxylic acids is 1. The van der Waals surface area contributed by atoms with Crippen LogP contribution in [0, 0.1) is 17.8 Å². The first kappa shape index (κ1) is 14.3. The predicted octanol–water partition coefficient (Wildman–Crippen LogP) is 1.37. The molecule has 1 saturated heterocycles. The van der Waals surface area contributed by atoms with Gasteiger partial charge in [-0.15, -0.1) is 0 Å². The molecule has 2 rings (SSSR count). The molecule has 0 aromatic carbocycles. The van der Waals surface area contributed by atoms with E-state index in [-0.39, 0.29) is 5.91 Å². The molecule has 0 spiro atoms. The van der Waals surface area contributed by atoms with Gasteiger partial charge in [0.2, 0.25) is 5.91 Å². The number of carboxylic acid groups (broad SMARTS) is 1. The van der Waals surface area contributed by atoms with Crippen LogP contribution in [0.1, 0.15) is 33.1 Å². The summed E-state index contributed by atoms with van der Waals surface area (Å²) in [4.78, 5) is 25.4. The van der Waals surface area contributed by atoms with Crippen molar-refractivity contribution in [1.29, 1.82) is 0 Å². The minimum atomic E-state index is -0.902. The number of hydrogen-bond donors (Lipinski definition) is 1. The molecule has 2 fully saturated rings. The van der Waals surface area contributed by atoms with Crippen molar-refractivity contribution in [2.24, 2.45) is 17.8 Å². The molecule has 0 aromatic heterocycles. The van der Waals surface area contributed by atoms with Crippen molar-refractivity contribution in [2.45, 2.75) is 39.2 Å². The second kappa shape index (κ2) is 5.90. The molecule has 1 amide bonds. The van der Waals surface area contributed by atoms with Gasteiger partial charge in [-0.05, 0) is 19.3 Å². The van der Waals surface area contributed by atoms with E-state index in [4.69, 9.17) is 9.84 Å². The number of carboxylic acids is 1. The Morgan fingerprint density at radius 1 is 1.26 bits per heavy atom. The van der Waals surface area contributed by atoms with Crippen LogP contribution < -0.4 is 0 Å². The van der Waals surface area contributed by atoms with Crippen LogP contribution in [0.25, 0.3) is 0 Å². The average molecular weight is 269 g/mol. The zero-order valence-corrected chi connectivity index (χ0v) is 11.7. The molecule has 19 heavy (non-hydrogen) atoms. The minimum Gasteiger partial charge on any atom is -0.481 e. The molecular weight excluding hydrogens is 246 g/mol. The number of hydrogen-bond acceptors (Lipinski definition) is 3. The highest BCUT2D eigenvalue weighted by Crippen LogP contribution is 2.31. The summed E-state index contributed by atoms with van der Waals surface area (Å²) < 4.78 is 5.35. The highest BCUT2D eigenvalue weighted by molar-refractivity contribution is 5.84. The molecule has 108 valence electrons. The second-order valence-electron chi connectivity index (χ2n) is 5.87. The Labute approximate surface area is 113 Å². The van der Waals surface area contributed by atoms with E-state index in [0.29, 0.717) is 12.0 Å². The lowest BCUT2D eigenvalue weighted by atomic mass is 9.94. The Bertz CT molecular complexity index is 347. The van der Waals surface area contributed by atoms with Gasteiger partial charge < -0.3 is 14.7 Å². The summed E-state index contributed by atoms with van der Waals surface area (Å²) in [5.74, 6) is -1.59. The third-order valence-electron chi connectivity index (χ3n) is 4.28. The zero-order chi connectivity index (χ0) is 14.0. The summed E-state index contributed by atoms with van der Waals surface area (Å²) in [6.07, 6.45) is 3.10. The lowest BCUT2D eigenvalue weighted by Gasteiger charge is -2.29. The minimum absolute atomic E-state index is 0.00991. The summed E-state index contributed by atoms with van der Waals surface area (Å²) in [5.41, 5.74) is 0. The topological polar surface area (TPSA) is 66.8 Å². The van der Waals surface area contributed by atoms with E-state index in [1.165, 1.54) is 0 Å². The number of carbonyl (C=O) groups excluding carboxylic acids is 1. The van der Waals surface area contributed by atoms with Gasteiger partial charge in [-0.2, -0.15) is 0 Å². The smallest absolute Gasteiger partial charge is 0.307 e. The molecule has 0 radical (unpaired) electrons. The van der Waals surface area contributed by atoms with Crippen molar-refractivity contribution < 1.29 is 19.4 Å². The van der Waals surface area contributed by atoms with E-state index >= 15 is 0 Å². The van der Waals surface area contributed by atoms with Crippen molar-refractivity contribution >= 4 is 11.9 Å². The predicted molar refractivity (Wildman–Crippen MR) is 69.6 cm³/mol. The molecule has 1 aliphatic heterocycles. The molecule has 3 atom stereocenters. The Kier molecular flexibility index (Phi) is 4.45. The van der Waals surface area contributed by atoms with Crippen LogP contribution in [-0.4, -0.2) is 47.7 Å². The average Bonchev–Trinajstić information content (AvgIpc) is 3.10. The van der Waals surface area contributed by atoms with Crippen LogP contribution in [0.3, 0.4) is 0 Å². The van der Waals surface area contributed by atoms with Gasteiger partial charge in [0, 0.05) is 31.0 Å². The van der Waals surface area contributed by atoms with Gasteiger partial charge in [0.15, 0.2) is 0 Å². The van der Waals surface area contributed by atoms with Crippen LogP contribution in [0.15, 0.2) is 0 Å². The van der Waals surface area contributed by atoms with Gasteiger partial charge in [-0.25, -0.2) is 0 Å². The molecule has 5 heteroatoms. The van der Waals surface area contributed by atoms with Crippen LogP contribution in [0.4, 0.5) is 0 Å². The van der Waals surface area contributed by atoms with Gasteiger partial charge in [0.1, 0.15) is 0 Å². The van der Waals surface area contributed by atoms with E-state index < -0.39 is 17.8 Å². The van der Waals surface area contributed by atoms with Crippen LogP contribution in [0.5, 0.6) is 0 Å². The largest absolute Gasteiger partial charge is 0.481 e. The molecule has 0 bridgehead atoms. The van der Waals surface area contributed by atoms with E-state index in [0.717, 1.165) is 39.0 Å². The standard InChI is InChI=1S/C14H23NO4/c1-9(10(2)14(17)18)13(16)15(12-3-4-12)7-11-5-6-19-8-11/h9-12H,3-8H2,1-2H3,(H,17,18). The zero-order valence-electron chi connectivity index (χ0n) is 11.7. The fraction of sp³-hybridized carbons (Fsp3) is 0.857. The van der Waals surface area contributed by atoms with E-state index in [2.05, 4.69) is 0 Å². The number of rotatable bonds is 6. The molecule has 5 nitrogen and oxygen atoms in total. The quantitative estimate of drug-likeness (QED) is 0.791. The molecular formula is C14H23NO4. The normalized spacial score (nSPS) is 25.9. The van der Waals surface area contributed by atoms with Crippen molar-refractivity contribution in [1.82, 2.24) is 4.90 Å².